The predicted octanol–water partition coefficient (Wildman–Crippen LogP) is 2.33. The molecule has 0 radical (unpaired) electrons. The zero-order valence-corrected chi connectivity index (χ0v) is 9.50. The Balaban J connectivity index is 2.47. The number of ether oxygens (including phenoxy) is 1. The van der Waals surface area contributed by atoms with E-state index in [1.807, 2.05) is 36.4 Å². The van der Waals surface area contributed by atoms with Crippen LogP contribution in [0.5, 0.6) is 0 Å². The molecular formula is C13H14N2O2. The van der Waals surface area contributed by atoms with E-state index in [0.29, 0.717) is 6.54 Å². The van der Waals surface area contributed by atoms with Gasteiger partial charge >= 0.3 is 6.09 Å². The number of rotatable bonds is 5. The van der Waals surface area contributed by atoms with E-state index in [1.54, 1.807) is 6.08 Å². The Hall–Kier alpha value is -2.28. The van der Waals surface area contributed by atoms with Gasteiger partial charge in [-0.1, -0.05) is 36.4 Å². The Bertz CT molecular complexity index is 409. The zero-order valence-electron chi connectivity index (χ0n) is 9.50. The molecule has 0 saturated carbocycles. The van der Waals surface area contributed by atoms with Gasteiger partial charge in [0.25, 0.3) is 0 Å². The van der Waals surface area contributed by atoms with Crippen LogP contribution in [0.3, 0.4) is 0 Å². The van der Waals surface area contributed by atoms with E-state index < -0.39 is 6.09 Å². The van der Waals surface area contributed by atoms with Crippen molar-refractivity contribution in [1.29, 1.82) is 5.26 Å². The molecule has 1 aromatic rings. The van der Waals surface area contributed by atoms with E-state index in [2.05, 4.69) is 6.58 Å². The smallest absolute Gasteiger partial charge is 0.411 e. The minimum atomic E-state index is -0.504. The number of hydrogen-bond donors (Lipinski definition) is 0. The van der Waals surface area contributed by atoms with E-state index in [-0.39, 0.29) is 13.2 Å². The molecule has 4 nitrogen and oxygen atoms in total. The number of hydrogen-bond acceptors (Lipinski definition) is 3. The molecule has 0 N–H and O–H groups in total. The first kappa shape index (κ1) is 12.8. The van der Waals surface area contributed by atoms with E-state index >= 15 is 0 Å². The molecule has 0 aliphatic heterocycles. The highest BCUT2D eigenvalue weighted by atomic mass is 16.6. The maximum absolute atomic E-state index is 11.6. The SMILES string of the molecule is C=CCN(CC#N)C(=O)OCc1ccccc1. The van der Waals surface area contributed by atoms with Crippen molar-refractivity contribution in [2.24, 2.45) is 0 Å². The minimum absolute atomic E-state index is 0.000354. The molecule has 1 amide bonds. The van der Waals surface area contributed by atoms with Crippen molar-refractivity contribution < 1.29 is 9.53 Å². The molecule has 88 valence electrons. The summed E-state index contributed by atoms with van der Waals surface area (Å²) in [6.45, 7) is 4.04. The molecule has 0 bridgehead atoms. The molecule has 1 rings (SSSR count). The van der Waals surface area contributed by atoms with Gasteiger partial charge in [-0.3, -0.25) is 4.90 Å². The first-order valence-electron chi connectivity index (χ1n) is 5.21. The van der Waals surface area contributed by atoms with Crippen LogP contribution < -0.4 is 0 Å². The third-order valence-corrected chi connectivity index (χ3v) is 2.07. The lowest BCUT2D eigenvalue weighted by Crippen LogP contribution is -2.32. The van der Waals surface area contributed by atoms with E-state index in [1.165, 1.54) is 4.90 Å². The van der Waals surface area contributed by atoms with Crippen molar-refractivity contribution in [2.45, 2.75) is 6.61 Å². The van der Waals surface area contributed by atoms with Crippen LogP contribution in [0.15, 0.2) is 43.0 Å². The van der Waals surface area contributed by atoms with Gasteiger partial charge in [0.1, 0.15) is 13.2 Å². The third-order valence-electron chi connectivity index (χ3n) is 2.07. The molecular weight excluding hydrogens is 216 g/mol. The predicted molar refractivity (Wildman–Crippen MR) is 64.0 cm³/mol. The van der Waals surface area contributed by atoms with Gasteiger partial charge in [0.15, 0.2) is 0 Å². The van der Waals surface area contributed by atoms with Crippen molar-refractivity contribution in [2.75, 3.05) is 13.1 Å². The fourth-order valence-electron chi connectivity index (χ4n) is 1.26. The Morgan fingerprint density at radius 1 is 1.47 bits per heavy atom. The first-order chi connectivity index (χ1) is 8.27. The Labute approximate surface area is 101 Å². The summed E-state index contributed by atoms with van der Waals surface area (Å²) in [4.78, 5) is 12.9. The molecule has 0 aliphatic rings. The first-order valence-corrected chi connectivity index (χ1v) is 5.21. The summed E-state index contributed by atoms with van der Waals surface area (Å²) in [7, 11) is 0. The lowest BCUT2D eigenvalue weighted by molar-refractivity contribution is 0.104. The molecule has 17 heavy (non-hydrogen) atoms. The summed E-state index contributed by atoms with van der Waals surface area (Å²) in [5, 5.41) is 8.56. The molecule has 0 heterocycles. The number of nitriles is 1. The quantitative estimate of drug-likeness (QED) is 0.576. The second-order valence-corrected chi connectivity index (χ2v) is 3.37. The average Bonchev–Trinajstić information content (AvgIpc) is 2.37. The summed E-state index contributed by atoms with van der Waals surface area (Å²) in [6, 6.07) is 11.3. The topological polar surface area (TPSA) is 53.3 Å². The van der Waals surface area contributed by atoms with Gasteiger partial charge in [-0.2, -0.15) is 5.26 Å². The molecule has 0 spiro atoms. The van der Waals surface area contributed by atoms with Gasteiger partial charge in [-0.05, 0) is 5.56 Å². The second kappa shape index (κ2) is 7.07. The molecule has 4 heteroatoms. The molecule has 1 aromatic carbocycles. The largest absolute Gasteiger partial charge is 0.445 e. The summed E-state index contributed by atoms with van der Waals surface area (Å²) < 4.78 is 5.08. The molecule has 0 aromatic heterocycles. The van der Waals surface area contributed by atoms with Crippen LogP contribution >= 0.6 is 0 Å². The van der Waals surface area contributed by atoms with Crippen LogP contribution in [0.2, 0.25) is 0 Å². The number of nitrogens with zero attached hydrogens (tertiary/aromatic N) is 2. The Morgan fingerprint density at radius 3 is 2.76 bits per heavy atom. The van der Waals surface area contributed by atoms with Crippen LogP contribution in [0.25, 0.3) is 0 Å². The number of carbonyl (C=O) groups is 1. The van der Waals surface area contributed by atoms with Gasteiger partial charge in [-0.15, -0.1) is 6.58 Å². The molecule has 0 fully saturated rings. The minimum Gasteiger partial charge on any atom is -0.445 e. The average molecular weight is 230 g/mol. The summed E-state index contributed by atoms with van der Waals surface area (Å²) in [5.41, 5.74) is 0.913. The van der Waals surface area contributed by atoms with Crippen molar-refractivity contribution in [3.63, 3.8) is 0 Å². The lowest BCUT2D eigenvalue weighted by Gasteiger charge is -2.17. The number of carbonyl (C=O) groups excluding carboxylic acids is 1. The van der Waals surface area contributed by atoms with Crippen LogP contribution in [-0.4, -0.2) is 24.1 Å². The van der Waals surface area contributed by atoms with Crippen molar-refractivity contribution in [3.8, 4) is 6.07 Å². The summed E-state index contributed by atoms with van der Waals surface area (Å²) >= 11 is 0. The van der Waals surface area contributed by atoms with Crippen LogP contribution in [0, 0.1) is 11.3 Å². The molecule has 0 unspecified atom stereocenters. The van der Waals surface area contributed by atoms with Gasteiger partial charge in [0.2, 0.25) is 0 Å². The third kappa shape index (κ3) is 4.39. The fourth-order valence-corrected chi connectivity index (χ4v) is 1.26. The molecule has 0 atom stereocenters. The van der Waals surface area contributed by atoms with Crippen molar-refractivity contribution in [1.82, 2.24) is 4.90 Å². The standard InChI is InChI=1S/C13H14N2O2/c1-2-9-15(10-8-14)13(16)17-11-12-6-4-3-5-7-12/h2-7H,1,9-11H2. The zero-order chi connectivity index (χ0) is 12.5. The maximum Gasteiger partial charge on any atom is 0.411 e. The monoisotopic (exact) mass is 230 g/mol. The normalized spacial score (nSPS) is 9.12. The van der Waals surface area contributed by atoms with Gasteiger partial charge in [-0.25, -0.2) is 4.79 Å². The van der Waals surface area contributed by atoms with Crippen LogP contribution in [0.4, 0.5) is 4.79 Å². The van der Waals surface area contributed by atoms with Gasteiger partial charge < -0.3 is 4.74 Å². The molecule has 0 aliphatic carbocycles. The van der Waals surface area contributed by atoms with E-state index in [4.69, 9.17) is 10.00 Å². The number of amides is 1. The summed E-state index contributed by atoms with van der Waals surface area (Å²) in [5.74, 6) is 0. The van der Waals surface area contributed by atoms with Gasteiger partial charge in [0, 0.05) is 6.54 Å². The maximum atomic E-state index is 11.6. The highest BCUT2D eigenvalue weighted by Gasteiger charge is 2.12. The van der Waals surface area contributed by atoms with E-state index in [9.17, 15) is 4.79 Å². The van der Waals surface area contributed by atoms with E-state index in [0.717, 1.165) is 5.56 Å². The van der Waals surface area contributed by atoms with Crippen LogP contribution in [-0.2, 0) is 11.3 Å². The highest BCUT2D eigenvalue weighted by Crippen LogP contribution is 2.03. The van der Waals surface area contributed by atoms with Crippen molar-refractivity contribution in [3.05, 3.63) is 48.6 Å². The van der Waals surface area contributed by atoms with Crippen LogP contribution in [0.1, 0.15) is 5.56 Å². The Kier molecular flexibility index (Phi) is 5.32. The lowest BCUT2D eigenvalue weighted by atomic mass is 10.2. The molecule has 0 saturated heterocycles. The van der Waals surface area contributed by atoms with Gasteiger partial charge in [0.05, 0.1) is 6.07 Å². The Morgan fingerprint density at radius 2 is 2.18 bits per heavy atom. The second-order valence-electron chi connectivity index (χ2n) is 3.37. The fraction of sp³-hybridized carbons (Fsp3) is 0.231. The number of benzene rings is 1. The van der Waals surface area contributed by atoms with Crippen molar-refractivity contribution >= 4 is 6.09 Å². The highest BCUT2D eigenvalue weighted by molar-refractivity contribution is 5.68. The summed E-state index contributed by atoms with van der Waals surface area (Å²) in [6.07, 6.45) is 1.05.